The van der Waals surface area contributed by atoms with Gasteiger partial charge >= 0.3 is 0 Å². The highest BCUT2D eigenvalue weighted by molar-refractivity contribution is 5.96. The number of benzene rings is 1. The molecule has 1 aromatic rings. The fourth-order valence-corrected chi connectivity index (χ4v) is 2.47. The lowest BCUT2D eigenvalue weighted by Gasteiger charge is -2.21. The van der Waals surface area contributed by atoms with Crippen LogP contribution in [0.25, 0.3) is 0 Å². The minimum atomic E-state index is 0.162. The lowest BCUT2D eigenvalue weighted by atomic mass is 9.92. The van der Waals surface area contributed by atoms with Gasteiger partial charge in [-0.3, -0.25) is 4.79 Å². The van der Waals surface area contributed by atoms with Gasteiger partial charge in [0.05, 0.1) is 6.10 Å². The maximum atomic E-state index is 12.2. The molecule has 1 unspecified atom stereocenters. The number of Topliss-reactive ketones (excluding diaryl/α,β-unsaturated/α-hetero) is 1. The monoisotopic (exact) mass is 261 g/mol. The zero-order valence-electron chi connectivity index (χ0n) is 11.8. The second kappa shape index (κ2) is 6.71. The van der Waals surface area contributed by atoms with Crippen LogP contribution in [0.3, 0.4) is 0 Å². The van der Waals surface area contributed by atoms with Crippen molar-refractivity contribution in [2.24, 2.45) is 5.92 Å². The third kappa shape index (κ3) is 4.35. The Morgan fingerprint density at radius 1 is 1.37 bits per heavy atom. The van der Waals surface area contributed by atoms with E-state index in [2.05, 4.69) is 5.32 Å². The van der Waals surface area contributed by atoms with E-state index < -0.39 is 0 Å². The van der Waals surface area contributed by atoms with Crippen molar-refractivity contribution in [1.82, 2.24) is 5.32 Å². The fraction of sp³-hybridized carbons (Fsp3) is 0.562. The topological polar surface area (TPSA) is 38.3 Å². The average Bonchev–Trinajstić information content (AvgIpc) is 2.40. The minimum absolute atomic E-state index is 0.162. The second-order valence-electron chi connectivity index (χ2n) is 5.53. The van der Waals surface area contributed by atoms with E-state index in [0.717, 1.165) is 30.8 Å². The van der Waals surface area contributed by atoms with Gasteiger partial charge in [0.1, 0.15) is 5.75 Å². The molecule has 104 valence electrons. The van der Waals surface area contributed by atoms with Gasteiger partial charge in [-0.2, -0.15) is 0 Å². The first-order valence-electron chi connectivity index (χ1n) is 7.16. The summed E-state index contributed by atoms with van der Waals surface area (Å²) in [6.07, 6.45) is 3.15. The molecule has 1 atom stereocenters. The van der Waals surface area contributed by atoms with Crippen LogP contribution in [0.1, 0.15) is 43.5 Å². The number of carbonyl (C=O) groups excluding carboxylic acids is 1. The van der Waals surface area contributed by atoms with Crippen LogP contribution < -0.4 is 10.1 Å². The predicted molar refractivity (Wildman–Crippen MR) is 76.7 cm³/mol. The molecule has 1 aliphatic heterocycles. The number of nitrogens with one attached hydrogen (secondary N) is 1. The molecule has 3 nitrogen and oxygen atoms in total. The highest BCUT2D eigenvalue weighted by Gasteiger charge is 2.17. The Morgan fingerprint density at radius 2 is 2.11 bits per heavy atom. The van der Waals surface area contributed by atoms with Gasteiger partial charge in [-0.25, -0.2) is 0 Å². The Hall–Kier alpha value is -1.35. The average molecular weight is 261 g/mol. The van der Waals surface area contributed by atoms with Gasteiger partial charge in [0, 0.05) is 12.0 Å². The van der Waals surface area contributed by atoms with E-state index in [4.69, 9.17) is 4.74 Å². The Labute approximate surface area is 115 Å². The number of ether oxygens (including phenoxy) is 1. The molecule has 0 amide bonds. The van der Waals surface area contributed by atoms with Crippen LogP contribution in [0.5, 0.6) is 5.75 Å². The maximum absolute atomic E-state index is 12.2. The molecule has 3 heteroatoms. The molecular weight excluding hydrogens is 238 g/mol. The van der Waals surface area contributed by atoms with E-state index >= 15 is 0 Å². The van der Waals surface area contributed by atoms with Crippen molar-refractivity contribution in [3.8, 4) is 5.75 Å². The Balaban J connectivity index is 1.91. The first-order chi connectivity index (χ1) is 9.15. The summed E-state index contributed by atoms with van der Waals surface area (Å²) in [5.74, 6) is 1.56. The van der Waals surface area contributed by atoms with Crippen LogP contribution in [-0.4, -0.2) is 25.0 Å². The van der Waals surface area contributed by atoms with Gasteiger partial charge < -0.3 is 10.1 Å². The number of ketones is 1. The highest BCUT2D eigenvalue weighted by atomic mass is 16.5. The minimum Gasteiger partial charge on any atom is -0.491 e. The van der Waals surface area contributed by atoms with Crippen molar-refractivity contribution in [3.63, 3.8) is 0 Å². The SMILES string of the molecule is CC(C)Oc1ccc(C(=O)CC2CCCNC2)cc1. The van der Waals surface area contributed by atoms with E-state index in [9.17, 15) is 4.79 Å². The van der Waals surface area contributed by atoms with Gasteiger partial charge in [-0.15, -0.1) is 0 Å². The third-order valence-electron chi connectivity index (χ3n) is 3.42. The second-order valence-corrected chi connectivity index (χ2v) is 5.53. The van der Waals surface area contributed by atoms with Crippen molar-refractivity contribution in [1.29, 1.82) is 0 Å². The van der Waals surface area contributed by atoms with Crippen molar-refractivity contribution < 1.29 is 9.53 Å². The van der Waals surface area contributed by atoms with E-state index in [1.54, 1.807) is 0 Å². The Bertz CT molecular complexity index is 405. The molecule has 1 heterocycles. The number of piperidine rings is 1. The molecule has 0 aromatic heterocycles. The van der Waals surface area contributed by atoms with Gasteiger partial charge in [0.15, 0.2) is 5.78 Å². The summed E-state index contributed by atoms with van der Waals surface area (Å²) < 4.78 is 5.58. The Kier molecular flexibility index (Phi) is 4.97. The van der Waals surface area contributed by atoms with Crippen molar-refractivity contribution in [2.45, 2.75) is 39.2 Å². The van der Waals surface area contributed by atoms with Crippen LogP contribution in [0.2, 0.25) is 0 Å². The molecule has 19 heavy (non-hydrogen) atoms. The van der Waals surface area contributed by atoms with E-state index in [-0.39, 0.29) is 11.9 Å². The zero-order chi connectivity index (χ0) is 13.7. The molecule has 0 bridgehead atoms. The van der Waals surface area contributed by atoms with Crippen molar-refractivity contribution in [3.05, 3.63) is 29.8 Å². The fourth-order valence-electron chi connectivity index (χ4n) is 2.47. The Morgan fingerprint density at radius 3 is 2.68 bits per heavy atom. The third-order valence-corrected chi connectivity index (χ3v) is 3.42. The van der Waals surface area contributed by atoms with Gasteiger partial charge in [0.2, 0.25) is 0 Å². The summed E-state index contributed by atoms with van der Waals surface area (Å²) in [6, 6.07) is 7.51. The van der Waals surface area contributed by atoms with Crippen LogP contribution in [0.15, 0.2) is 24.3 Å². The molecule has 2 rings (SSSR count). The normalized spacial score (nSPS) is 19.4. The van der Waals surface area contributed by atoms with E-state index in [0.29, 0.717) is 12.3 Å². The van der Waals surface area contributed by atoms with Gasteiger partial charge in [0.25, 0.3) is 0 Å². The van der Waals surface area contributed by atoms with Crippen LogP contribution in [-0.2, 0) is 0 Å². The molecular formula is C16H23NO2. The number of hydrogen-bond donors (Lipinski definition) is 1. The summed E-state index contributed by atoms with van der Waals surface area (Å²) in [6.45, 7) is 6.05. The predicted octanol–water partition coefficient (Wildman–Crippen LogP) is 3.05. The molecule has 1 saturated heterocycles. The molecule has 1 fully saturated rings. The summed E-state index contributed by atoms with van der Waals surface area (Å²) in [5, 5.41) is 3.35. The van der Waals surface area contributed by atoms with Crippen molar-refractivity contribution >= 4 is 5.78 Å². The van der Waals surface area contributed by atoms with Crippen LogP contribution in [0, 0.1) is 5.92 Å². The number of hydrogen-bond acceptors (Lipinski definition) is 3. The molecule has 0 aliphatic carbocycles. The van der Waals surface area contributed by atoms with E-state index in [1.165, 1.54) is 6.42 Å². The molecule has 1 N–H and O–H groups in total. The van der Waals surface area contributed by atoms with E-state index in [1.807, 2.05) is 38.1 Å². The summed E-state index contributed by atoms with van der Waals surface area (Å²) >= 11 is 0. The molecule has 1 aliphatic rings. The van der Waals surface area contributed by atoms with Crippen molar-refractivity contribution in [2.75, 3.05) is 13.1 Å². The first kappa shape index (κ1) is 14.1. The largest absolute Gasteiger partial charge is 0.491 e. The standard InChI is InChI=1S/C16H23NO2/c1-12(2)19-15-7-5-14(6-8-15)16(18)10-13-4-3-9-17-11-13/h5-8,12-13,17H,3-4,9-11H2,1-2H3. The lowest BCUT2D eigenvalue weighted by Crippen LogP contribution is -2.31. The molecule has 0 saturated carbocycles. The highest BCUT2D eigenvalue weighted by Crippen LogP contribution is 2.19. The number of carbonyl (C=O) groups is 1. The van der Waals surface area contributed by atoms with Crippen LogP contribution >= 0.6 is 0 Å². The smallest absolute Gasteiger partial charge is 0.163 e. The van der Waals surface area contributed by atoms with Crippen LogP contribution in [0.4, 0.5) is 0 Å². The molecule has 1 aromatic carbocycles. The summed E-state index contributed by atoms with van der Waals surface area (Å²) in [4.78, 5) is 12.2. The lowest BCUT2D eigenvalue weighted by molar-refractivity contribution is 0.0954. The molecule has 0 radical (unpaired) electrons. The van der Waals surface area contributed by atoms with Gasteiger partial charge in [-0.05, 0) is 70.0 Å². The number of rotatable bonds is 5. The summed E-state index contributed by atoms with van der Waals surface area (Å²) in [7, 11) is 0. The summed E-state index contributed by atoms with van der Waals surface area (Å²) in [5.41, 5.74) is 0.793. The quantitative estimate of drug-likeness (QED) is 0.828. The molecule has 0 spiro atoms. The first-order valence-corrected chi connectivity index (χ1v) is 7.16. The van der Waals surface area contributed by atoms with Gasteiger partial charge in [-0.1, -0.05) is 0 Å². The zero-order valence-corrected chi connectivity index (χ0v) is 11.8. The maximum Gasteiger partial charge on any atom is 0.163 e.